The Bertz CT molecular complexity index is 227. The number of amides is 1. The molecule has 1 atom stereocenters. The highest BCUT2D eigenvalue weighted by Crippen LogP contribution is 2.35. The van der Waals surface area contributed by atoms with E-state index in [-0.39, 0.29) is 11.3 Å². The summed E-state index contributed by atoms with van der Waals surface area (Å²) in [7, 11) is 2.03. The van der Waals surface area contributed by atoms with E-state index in [9.17, 15) is 4.79 Å². The highest BCUT2D eigenvalue weighted by atomic mass is 16.1. The summed E-state index contributed by atoms with van der Waals surface area (Å²) in [6.07, 6.45) is 0.645. The first-order chi connectivity index (χ1) is 5.79. The van der Waals surface area contributed by atoms with Gasteiger partial charge in [-0.05, 0) is 13.5 Å². The van der Waals surface area contributed by atoms with Gasteiger partial charge in [-0.15, -0.1) is 0 Å². The van der Waals surface area contributed by atoms with E-state index < -0.39 is 5.54 Å². The summed E-state index contributed by atoms with van der Waals surface area (Å²) in [5.74, 6) is -0.384. The minimum atomic E-state index is -0.848. The standard InChI is InChI=1S/C9H19N3O/c1-8(2)6-12(3)5-4-9(8,11)7(10)13/h4-6,11H2,1-3H3,(H2,10,13). The third-order valence-electron chi connectivity index (χ3n) is 3.20. The van der Waals surface area contributed by atoms with Crippen molar-refractivity contribution >= 4 is 5.91 Å². The fraction of sp³-hybridized carbons (Fsp3) is 0.889. The van der Waals surface area contributed by atoms with Crippen molar-refractivity contribution < 1.29 is 4.79 Å². The molecule has 1 fully saturated rings. The van der Waals surface area contributed by atoms with Gasteiger partial charge in [-0.1, -0.05) is 13.8 Å². The number of piperidine rings is 1. The monoisotopic (exact) mass is 185 g/mol. The molecule has 0 aromatic heterocycles. The van der Waals surface area contributed by atoms with Crippen LogP contribution in [0.2, 0.25) is 0 Å². The molecule has 0 aromatic carbocycles. The van der Waals surface area contributed by atoms with Crippen LogP contribution in [0.25, 0.3) is 0 Å². The van der Waals surface area contributed by atoms with Gasteiger partial charge in [-0.3, -0.25) is 4.79 Å². The summed E-state index contributed by atoms with van der Waals surface area (Å²) in [5.41, 5.74) is 10.3. The summed E-state index contributed by atoms with van der Waals surface area (Å²) >= 11 is 0. The Balaban J connectivity index is 2.92. The summed E-state index contributed by atoms with van der Waals surface area (Å²) in [6, 6.07) is 0. The molecule has 13 heavy (non-hydrogen) atoms. The second-order valence-electron chi connectivity index (χ2n) is 4.71. The van der Waals surface area contributed by atoms with E-state index in [1.54, 1.807) is 0 Å². The topological polar surface area (TPSA) is 72.3 Å². The van der Waals surface area contributed by atoms with Crippen LogP contribution in [0, 0.1) is 5.41 Å². The zero-order valence-electron chi connectivity index (χ0n) is 8.63. The number of nitrogens with zero attached hydrogens (tertiary/aromatic N) is 1. The second-order valence-corrected chi connectivity index (χ2v) is 4.71. The summed E-state index contributed by atoms with van der Waals surface area (Å²) in [6.45, 7) is 5.64. The minimum absolute atomic E-state index is 0.244. The Labute approximate surface area is 79.3 Å². The van der Waals surface area contributed by atoms with Crippen molar-refractivity contribution in [3.8, 4) is 0 Å². The zero-order valence-corrected chi connectivity index (χ0v) is 8.63. The third-order valence-corrected chi connectivity index (χ3v) is 3.20. The Morgan fingerprint density at radius 3 is 2.38 bits per heavy atom. The lowest BCUT2D eigenvalue weighted by molar-refractivity contribution is -0.130. The molecule has 1 aliphatic heterocycles. The van der Waals surface area contributed by atoms with Crippen molar-refractivity contribution in [2.45, 2.75) is 25.8 Å². The highest BCUT2D eigenvalue weighted by molar-refractivity contribution is 5.85. The Kier molecular flexibility index (Phi) is 2.38. The van der Waals surface area contributed by atoms with Gasteiger partial charge in [-0.2, -0.15) is 0 Å². The molecule has 1 amide bonds. The van der Waals surface area contributed by atoms with Gasteiger partial charge in [0.05, 0.1) is 0 Å². The first-order valence-electron chi connectivity index (χ1n) is 4.57. The van der Waals surface area contributed by atoms with Crippen molar-refractivity contribution in [3.05, 3.63) is 0 Å². The maximum Gasteiger partial charge on any atom is 0.238 e. The van der Waals surface area contributed by atoms with Crippen LogP contribution in [0.1, 0.15) is 20.3 Å². The molecule has 4 nitrogen and oxygen atoms in total. The fourth-order valence-corrected chi connectivity index (χ4v) is 2.06. The molecule has 4 heteroatoms. The molecule has 1 heterocycles. The van der Waals surface area contributed by atoms with Crippen LogP contribution < -0.4 is 11.5 Å². The lowest BCUT2D eigenvalue weighted by atomic mass is 9.67. The number of primary amides is 1. The molecule has 0 aliphatic carbocycles. The molecule has 0 radical (unpaired) electrons. The number of carbonyl (C=O) groups is 1. The Hall–Kier alpha value is -0.610. The van der Waals surface area contributed by atoms with Gasteiger partial charge in [-0.25, -0.2) is 0 Å². The molecule has 0 spiro atoms. The quantitative estimate of drug-likeness (QED) is 0.580. The summed E-state index contributed by atoms with van der Waals surface area (Å²) in [4.78, 5) is 13.5. The van der Waals surface area contributed by atoms with E-state index in [1.165, 1.54) is 0 Å². The van der Waals surface area contributed by atoms with Crippen molar-refractivity contribution in [2.24, 2.45) is 16.9 Å². The Morgan fingerprint density at radius 2 is 2.00 bits per heavy atom. The maximum atomic E-state index is 11.3. The first kappa shape index (κ1) is 10.5. The van der Waals surface area contributed by atoms with Crippen molar-refractivity contribution in [1.82, 2.24) is 4.90 Å². The van der Waals surface area contributed by atoms with E-state index in [0.29, 0.717) is 6.42 Å². The van der Waals surface area contributed by atoms with Crippen LogP contribution in [-0.4, -0.2) is 36.5 Å². The zero-order chi connectivity index (χ0) is 10.3. The lowest BCUT2D eigenvalue weighted by Gasteiger charge is -2.48. The van der Waals surface area contributed by atoms with Gasteiger partial charge < -0.3 is 16.4 Å². The predicted octanol–water partition coefficient (Wildman–Crippen LogP) is -0.469. The fourth-order valence-electron chi connectivity index (χ4n) is 2.06. The molecular weight excluding hydrogens is 166 g/mol. The number of carbonyl (C=O) groups excluding carboxylic acids is 1. The van der Waals surface area contributed by atoms with Crippen molar-refractivity contribution in [2.75, 3.05) is 20.1 Å². The van der Waals surface area contributed by atoms with Gasteiger partial charge in [0.1, 0.15) is 5.54 Å². The molecular formula is C9H19N3O. The summed E-state index contributed by atoms with van der Waals surface area (Å²) in [5, 5.41) is 0. The molecule has 76 valence electrons. The van der Waals surface area contributed by atoms with Crippen LogP contribution in [0.3, 0.4) is 0 Å². The number of hydrogen-bond donors (Lipinski definition) is 2. The number of likely N-dealkylation sites (tertiary alicyclic amines) is 1. The highest BCUT2D eigenvalue weighted by Gasteiger charge is 2.49. The van der Waals surface area contributed by atoms with Crippen molar-refractivity contribution in [1.29, 1.82) is 0 Å². The van der Waals surface area contributed by atoms with Crippen LogP contribution in [-0.2, 0) is 4.79 Å². The van der Waals surface area contributed by atoms with E-state index in [0.717, 1.165) is 13.1 Å². The third kappa shape index (κ3) is 1.56. The van der Waals surface area contributed by atoms with Crippen LogP contribution in [0.15, 0.2) is 0 Å². The predicted molar refractivity (Wildman–Crippen MR) is 52.0 cm³/mol. The van der Waals surface area contributed by atoms with Gasteiger partial charge in [0, 0.05) is 18.5 Å². The molecule has 1 unspecified atom stereocenters. The van der Waals surface area contributed by atoms with Gasteiger partial charge in [0.15, 0.2) is 0 Å². The number of hydrogen-bond acceptors (Lipinski definition) is 3. The van der Waals surface area contributed by atoms with E-state index >= 15 is 0 Å². The average Bonchev–Trinajstić information content (AvgIpc) is 1.96. The number of rotatable bonds is 1. The lowest BCUT2D eigenvalue weighted by Crippen LogP contribution is -2.67. The smallest absolute Gasteiger partial charge is 0.238 e. The van der Waals surface area contributed by atoms with Gasteiger partial charge >= 0.3 is 0 Å². The average molecular weight is 185 g/mol. The molecule has 0 aromatic rings. The molecule has 1 aliphatic rings. The Morgan fingerprint density at radius 1 is 1.46 bits per heavy atom. The van der Waals surface area contributed by atoms with Crippen LogP contribution >= 0.6 is 0 Å². The summed E-state index contributed by atoms with van der Waals surface area (Å²) < 4.78 is 0. The van der Waals surface area contributed by atoms with E-state index in [4.69, 9.17) is 11.5 Å². The maximum absolute atomic E-state index is 11.3. The van der Waals surface area contributed by atoms with Gasteiger partial charge in [0.2, 0.25) is 5.91 Å². The molecule has 0 saturated carbocycles. The molecule has 1 saturated heterocycles. The van der Waals surface area contributed by atoms with Crippen molar-refractivity contribution in [3.63, 3.8) is 0 Å². The molecule has 0 bridgehead atoms. The van der Waals surface area contributed by atoms with Crippen LogP contribution in [0.5, 0.6) is 0 Å². The molecule has 1 rings (SSSR count). The normalized spacial score (nSPS) is 34.5. The van der Waals surface area contributed by atoms with Crippen LogP contribution in [0.4, 0.5) is 0 Å². The van der Waals surface area contributed by atoms with Gasteiger partial charge in [0.25, 0.3) is 0 Å². The number of nitrogens with two attached hydrogens (primary N) is 2. The minimum Gasteiger partial charge on any atom is -0.368 e. The largest absolute Gasteiger partial charge is 0.368 e. The molecule has 4 N–H and O–H groups in total. The van der Waals surface area contributed by atoms with E-state index in [1.807, 2.05) is 20.9 Å². The first-order valence-corrected chi connectivity index (χ1v) is 4.57. The second kappa shape index (κ2) is 2.96. The SMILES string of the molecule is CN1CCC(N)(C(N)=O)C(C)(C)C1. The van der Waals surface area contributed by atoms with E-state index in [2.05, 4.69) is 4.90 Å².